The van der Waals surface area contributed by atoms with Crippen LogP contribution in [0.1, 0.15) is 33.5 Å². The number of hydrogen-bond donors (Lipinski definition) is 3. The average Bonchev–Trinajstić information content (AvgIpc) is 2.99. The number of aromatic nitrogens is 2. The highest BCUT2D eigenvalue weighted by atomic mass is 19.1. The summed E-state index contributed by atoms with van der Waals surface area (Å²) >= 11 is 0. The van der Waals surface area contributed by atoms with Crippen molar-refractivity contribution >= 4 is 11.6 Å². The lowest BCUT2D eigenvalue weighted by Crippen LogP contribution is -2.46. The topological polar surface area (TPSA) is 115 Å². The van der Waals surface area contributed by atoms with E-state index in [-0.39, 0.29) is 24.8 Å². The van der Waals surface area contributed by atoms with Gasteiger partial charge in [0.15, 0.2) is 0 Å². The molecule has 1 aromatic heterocycles. The number of benzene rings is 3. The molecule has 3 N–H and O–H groups in total. The first kappa shape index (κ1) is 30.1. The smallest absolute Gasteiger partial charge is 0.265 e. The van der Waals surface area contributed by atoms with E-state index in [0.29, 0.717) is 35.6 Å². The molecule has 0 bridgehead atoms. The number of anilines is 1. The van der Waals surface area contributed by atoms with Gasteiger partial charge in [-0.2, -0.15) is 0 Å². The van der Waals surface area contributed by atoms with E-state index in [1.54, 1.807) is 6.07 Å². The minimum absolute atomic E-state index is 0.0495. The van der Waals surface area contributed by atoms with E-state index in [9.17, 15) is 14.7 Å². The van der Waals surface area contributed by atoms with Gasteiger partial charge in [0.25, 0.3) is 11.5 Å². The van der Waals surface area contributed by atoms with Crippen molar-refractivity contribution < 1.29 is 23.8 Å². The van der Waals surface area contributed by atoms with Crippen molar-refractivity contribution in [3.8, 4) is 28.0 Å². The van der Waals surface area contributed by atoms with Gasteiger partial charge in [-0.1, -0.05) is 30.3 Å². The molecule has 2 atom stereocenters. The molecule has 5 rings (SSSR count). The van der Waals surface area contributed by atoms with Crippen molar-refractivity contribution in [1.82, 2.24) is 14.9 Å². The molecule has 0 unspecified atom stereocenters. The fraction of sp³-hybridized carbons (Fsp3) is 0.303. The lowest BCUT2D eigenvalue weighted by Gasteiger charge is -2.29. The molecule has 10 heteroatoms. The van der Waals surface area contributed by atoms with Crippen LogP contribution in [0.25, 0.3) is 22.3 Å². The van der Waals surface area contributed by atoms with Crippen LogP contribution in [0.2, 0.25) is 0 Å². The van der Waals surface area contributed by atoms with Crippen LogP contribution in [-0.2, 0) is 18.3 Å². The van der Waals surface area contributed by atoms with Crippen LogP contribution in [-0.4, -0.2) is 53.0 Å². The molecule has 0 saturated carbocycles. The fourth-order valence-electron chi connectivity index (χ4n) is 5.47. The predicted octanol–water partition coefficient (Wildman–Crippen LogP) is 4.37. The van der Waals surface area contributed by atoms with Crippen LogP contribution < -0.4 is 20.9 Å². The normalized spacial score (nSPS) is 16.6. The number of methoxy groups -OCH3 is 1. The summed E-state index contributed by atoms with van der Waals surface area (Å²) in [6, 6.07) is 14.5. The molecule has 43 heavy (non-hydrogen) atoms. The van der Waals surface area contributed by atoms with E-state index in [0.717, 1.165) is 27.8 Å². The maximum Gasteiger partial charge on any atom is 0.265 e. The number of carbonyl (C=O) groups excluding carboxylic acids is 1. The monoisotopic (exact) mass is 586 g/mol. The van der Waals surface area contributed by atoms with E-state index in [4.69, 9.17) is 9.47 Å². The first-order valence-corrected chi connectivity index (χ1v) is 14.1. The maximum absolute atomic E-state index is 15.5. The summed E-state index contributed by atoms with van der Waals surface area (Å²) in [4.78, 5) is 29.3. The Morgan fingerprint density at radius 1 is 1.14 bits per heavy atom. The van der Waals surface area contributed by atoms with Crippen LogP contribution in [0, 0.1) is 19.7 Å². The van der Waals surface area contributed by atoms with Gasteiger partial charge < -0.3 is 29.8 Å². The molecule has 1 aliphatic rings. The molecule has 224 valence electrons. The van der Waals surface area contributed by atoms with Crippen molar-refractivity contribution in [2.24, 2.45) is 7.05 Å². The standard InChI is InChI=1S/C33H35FN4O5/c1-19-22(21-13-27(34)25(31(14-21)42-4)16-36-29-11-12-43-17-30(29)39)7-5-8-23(19)24-9-6-10-28(20(24)2)37-32(40)26-15-35-18-38(3)33(26)41/h5-10,13-15,18,29-30,36,39H,11-12,16-17H2,1-4H3,(H,37,40)/t29-,30+/m1/s1. The molecule has 2 heterocycles. The number of rotatable bonds is 8. The minimum atomic E-state index is -0.648. The molecule has 3 aromatic carbocycles. The van der Waals surface area contributed by atoms with Crippen molar-refractivity contribution in [1.29, 1.82) is 0 Å². The van der Waals surface area contributed by atoms with Gasteiger partial charge in [0.05, 0.1) is 26.1 Å². The van der Waals surface area contributed by atoms with Gasteiger partial charge in [-0.05, 0) is 71.8 Å². The summed E-state index contributed by atoms with van der Waals surface area (Å²) in [5.74, 6) is -0.533. The zero-order valence-electron chi connectivity index (χ0n) is 24.6. The SMILES string of the molecule is COc1cc(-c2cccc(-c3cccc(NC(=O)c4cncn(C)c4=O)c3C)c2C)cc(F)c1CN[C@@H]1CCOC[C@@H]1O. The zero-order valence-corrected chi connectivity index (χ0v) is 24.6. The third-order valence-electron chi connectivity index (χ3n) is 8.00. The molecule has 0 radical (unpaired) electrons. The molecule has 0 aliphatic carbocycles. The van der Waals surface area contributed by atoms with Crippen LogP contribution in [0.15, 0.2) is 65.8 Å². The van der Waals surface area contributed by atoms with Gasteiger partial charge in [0, 0.05) is 43.7 Å². The molecule has 1 amide bonds. The summed E-state index contributed by atoms with van der Waals surface area (Å²) in [6.45, 7) is 4.88. The number of aliphatic hydroxyl groups excluding tert-OH is 1. The first-order valence-electron chi connectivity index (χ1n) is 14.1. The number of nitrogens with one attached hydrogen (secondary N) is 2. The number of aliphatic hydroxyl groups is 1. The Morgan fingerprint density at radius 2 is 1.86 bits per heavy atom. The number of halogens is 1. The number of ether oxygens (including phenoxy) is 2. The molecular formula is C33H35FN4O5. The van der Waals surface area contributed by atoms with Crippen molar-refractivity contribution in [2.75, 3.05) is 25.6 Å². The second kappa shape index (κ2) is 12.9. The largest absolute Gasteiger partial charge is 0.496 e. The lowest BCUT2D eigenvalue weighted by atomic mass is 9.90. The summed E-state index contributed by atoms with van der Waals surface area (Å²) in [5.41, 5.74) is 5.52. The highest BCUT2D eigenvalue weighted by Crippen LogP contribution is 2.37. The molecule has 4 aromatic rings. The zero-order chi connectivity index (χ0) is 30.7. The predicted molar refractivity (Wildman–Crippen MR) is 163 cm³/mol. The lowest BCUT2D eigenvalue weighted by molar-refractivity contribution is -0.0281. The highest BCUT2D eigenvalue weighted by molar-refractivity contribution is 6.04. The van der Waals surface area contributed by atoms with Gasteiger partial charge in [0.1, 0.15) is 17.1 Å². The molecule has 1 fully saturated rings. The number of nitrogens with zero attached hydrogens (tertiary/aromatic N) is 2. The van der Waals surface area contributed by atoms with Gasteiger partial charge in [-0.3, -0.25) is 9.59 Å². The average molecular weight is 587 g/mol. The Kier molecular flexibility index (Phi) is 9.00. The second-order valence-electron chi connectivity index (χ2n) is 10.7. The van der Waals surface area contributed by atoms with Gasteiger partial charge in [-0.25, -0.2) is 9.37 Å². The van der Waals surface area contributed by atoms with Crippen molar-refractivity contribution in [3.63, 3.8) is 0 Å². The number of carbonyl (C=O) groups is 1. The maximum atomic E-state index is 15.5. The Bertz CT molecular complexity index is 1720. The molecule has 9 nitrogen and oxygen atoms in total. The Morgan fingerprint density at radius 3 is 2.60 bits per heavy atom. The molecule has 0 spiro atoms. The summed E-state index contributed by atoms with van der Waals surface area (Å²) < 4.78 is 27.7. The fourth-order valence-corrected chi connectivity index (χ4v) is 5.47. The Hall–Kier alpha value is -4.38. The first-order chi connectivity index (χ1) is 20.7. The Balaban J connectivity index is 1.44. The molecule has 1 aliphatic heterocycles. The second-order valence-corrected chi connectivity index (χ2v) is 10.7. The third kappa shape index (κ3) is 6.22. The third-order valence-corrected chi connectivity index (χ3v) is 8.00. The highest BCUT2D eigenvalue weighted by Gasteiger charge is 2.24. The van der Waals surface area contributed by atoms with E-state index in [2.05, 4.69) is 15.6 Å². The summed E-state index contributed by atoms with van der Waals surface area (Å²) in [6.07, 6.45) is 2.60. The number of amides is 1. The quantitative estimate of drug-likeness (QED) is 0.281. The van der Waals surface area contributed by atoms with E-state index >= 15 is 4.39 Å². The van der Waals surface area contributed by atoms with Crippen LogP contribution in [0.4, 0.5) is 10.1 Å². The number of aryl methyl sites for hydroxylation is 1. The van der Waals surface area contributed by atoms with Crippen molar-refractivity contribution in [3.05, 3.63) is 99.5 Å². The van der Waals surface area contributed by atoms with Gasteiger partial charge >= 0.3 is 0 Å². The molecule has 1 saturated heterocycles. The Labute approximate surface area is 249 Å². The van der Waals surface area contributed by atoms with Crippen LogP contribution >= 0.6 is 0 Å². The van der Waals surface area contributed by atoms with E-state index in [1.807, 2.05) is 50.2 Å². The van der Waals surface area contributed by atoms with Crippen molar-refractivity contribution in [2.45, 2.75) is 39.0 Å². The summed E-state index contributed by atoms with van der Waals surface area (Å²) in [7, 11) is 3.05. The summed E-state index contributed by atoms with van der Waals surface area (Å²) in [5, 5.41) is 16.3. The number of hydrogen-bond acceptors (Lipinski definition) is 7. The van der Waals surface area contributed by atoms with Gasteiger partial charge in [-0.15, -0.1) is 0 Å². The van der Waals surface area contributed by atoms with Gasteiger partial charge in [0.2, 0.25) is 0 Å². The van der Waals surface area contributed by atoms with E-state index < -0.39 is 23.4 Å². The van der Waals surface area contributed by atoms with E-state index in [1.165, 1.54) is 37.3 Å². The van der Waals surface area contributed by atoms with Crippen LogP contribution in [0.5, 0.6) is 5.75 Å². The molecular weight excluding hydrogens is 551 g/mol. The minimum Gasteiger partial charge on any atom is -0.496 e. The van der Waals surface area contributed by atoms with Crippen LogP contribution in [0.3, 0.4) is 0 Å².